The zero-order chi connectivity index (χ0) is 60.2. The molecule has 3 saturated heterocycles. The van der Waals surface area contributed by atoms with Crippen molar-refractivity contribution in [1.29, 1.82) is 0 Å². The van der Waals surface area contributed by atoms with Gasteiger partial charge < -0.3 is 57.7 Å². The first-order valence-corrected chi connectivity index (χ1v) is 30.7. The topological polar surface area (TPSA) is 322 Å². The minimum Gasteiger partial charge on any atom is -0.508 e. The third kappa shape index (κ3) is 19.2. The van der Waals surface area contributed by atoms with E-state index in [0.717, 1.165) is 40.5 Å². The fraction of sp³-hybridized carbons (Fsp3) is 0.525. The van der Waals surface area contributed by atoms with E-state index in [9.17, 15) is 47.1 Å². The second-order valence-corrected chi connectivity index (χ2v) is 23.7. The Morgan fingerprint density at radius 1 is 0.747 bits per heavy atom. The Balaban J connectivity index is 0.000000899. The summed E-state index contributed by atoms with van der Waals surface area (Å²) in [6, 6.07) is 16.5. The number of ether oxygens (including phenoxy) is 1. The molecule has 0 aliphatic carbocycles. The molecule has 452 valence electrons. The number of benzene rings is 4. The first-order valence-electron chi connectivity index (χ1n) is 29.2. The van der Waals surface area contributed by atoms with E-state index >= 15 is 0 Å². The summed E-state index contributed by atoms with van der Waals surface area (Å²) in [5, 5.41) is 26.1. The number of aryl methyl sites for hydroxylation is 2. The van der Waals surface area contributed by atoms with Crippen LogP contribution < -0.4 is 42.8 Å². The lowest BCUT2D eigenvalue weighted by Crippen LogP contribution is -2.60. The van der Waals surface area contributed by atoms with Crippen LogP contribution in [0, 0.1) is 12.8 Å². The number of hydrogen-bond acceptors (Lipinski definition) is 13. The number of carbonyl (C=O) groups is 7. The van der Waals surface area contributed by atoms with Gasteiger partial charge in [-0.1, -0.05) is 88.4 Å². The van der Waals surface area contributed by atoms with Gasteiger partial charge in [-0.25, -0.2) is 0 Å². The molecule has 0 aromatic heterocycles. The number of amides is 7. The van der Waals surface area contributed by atoms with Crippen molar-refractivity contribution in [2.75, 3.05) is 32.8 Å². The van der Waals surface area contributed by atoms with E-state index in [-0.39, 0.29) is 62.4 Å². The molecule has 7 rings (SSSR count). The molecule has 0 bridgehead atoms. The summed E-state index contributed by atoms with van der Waals surface area (Å²) in [7, 11) is -4.02. The van der Waals surface area contributed by atoms with Crippen molar-refractivity contribution in [1.82, 2.24) is 36.4 Å². The Morgan fingerprint density at radius 3 is 2.14 bits per heavy atom. The fourth-order valence-corrected chi connectivity index (χ4v) is 11.0. The summed E-state index contributed by atoms with van der Waals surface area (Å²) in [5.41, 5.74) is 14.3. The molecule has 21 nitrogen and oxygen atoms in total. The van der Waals surface area contributed by atoms with Crippen LogP contribution in [-0.4, -0.2) is 144 Å². The van der Waals surface area contributed by atoms with Crippen molar-refractivity contribution in [2.24, 2.45) is 17.4 Å². The van der Waals surface area contributed by atoms with Gasteiger partial charge in [0.2, 0.25) is 35.4 Å². The van der Waals surface area contributed by atoms with E-state index in [1.165, 1.54) is 53.3 Å². The zero-order valence-corrected chi connectivity index (χ0v) is 49.1. The molecule has 0 spiro atoms. The normalized spacial score (nSPS) is 22.3. The number of nitrogens with one attached hydrogen (secondary N) is 5. The first-order chi connectivity index (χ1) is 39.7. The lowest BCUT2D eigenvalue weighted by molar-refractivity contribution is -0.143. The maximum absolute atomic E-state index is 14.6. The molecule has 0 unspecified atom stereocenters. The maximum Gasteiger partial charge on any atom is 0.294 e. The molecule has 3 aliphatic heterocycles. The fourth-order valence-electron chi connectivity index (χ4n) is 10.5. The maximum atomic E-state index is 14.6. The minimum atomic E-state index is -4.02. The van der Waals surface area contributed by atoms with Crippen LogP contribution in [0.1, 0.15) is 132 Å². The van der Waals surface area contributed by atoms with Crippen LogP contribution in [0.15, 0.2) is 89.8 Å². The SMILES string of the molecule is CCCCCCCOc1ccc2cc(C(=O)N[C@H]3CCCNC(=O)[C@@H]4C[C@H](N)CN4C(=O)[C@H](CCCCN)NC(=O)[C@H](CCc4ccc(O)cc4)NC(=O)[C@@H]4CCCN4C(=O)[C@H](C(C)C)NC3=O)ccc2c1.Cc1ccc(S(=O)(=O)O)cc1. The van der Waals surface area contributed by atoms with Crippen LogP contribution in [-0.2, 0) is 45.3 Å². The Hall–Kier alpha value is -7.14. The third-order valence-corrected chi connectivity index (χ3v) is 16.2. The second-order valence-electron chi connectivity index (χ2n) is 22.3. The van der Waals surface area contributed by atoms with E-state index < -0.39 is 99.7 Å². The standard InChI is InChI=1S/C54H77N9O9.C7H8O3S/c1-4-5-6-7-10-29-72-41-24-21-36-30-38(20-19-37(36)31-41)48(65)58-42-14-11-27-57-51(68)46-32-39(56)33-63(46)53(70)44(13-8-9-26-55)60-49(66)43(25-18-35-16-22-40(64)23-17-35)59-52(69)45-15-12-28-62(45)54(71)47(34(2)3)61-50(42)67;1-6-2-4-7(5-3-6)11(8,9)10/h16-17,19-24,30-31,34,39,42-47,64H,4-15,18,25-29,32-33,55-56H2,1-3H3,(H,57,68)(H,58,65)(H,59,69)(H,60,66)(H,61,67);2-5H,1H3,(H,8,9,10)/t39-,42-,43-,44-,45-,46-,47-;/m0./s1. The van der Waals surface area contributed by atoms with Crippen LogP contribution >= 0.6 is 0 Å². The lowest BCUT2D eigenvalue weighted by Gasteiger charge is -2.32. The third-order valence-electron chi connectivity index (χ3n) is 15.3. The van der Waals surface area contributed by atoms with Crippen molar-refractivity contribution in [3.63, 3.8) is 0 Å². The number of nitrogens with two attached hydrogens (primary N) is 2. The Morgan fingerprint density at radius 2 is 1.45 bits per heavy atom. The molecule has 0 saturated carbocycles. The number of hydrogen-bond donors (Lipinski definition) is 9. The lowest BCUT2D eigenvalue weighted by atomic mass is 10.00. The van der Waals surface area contributed by atoms with E-state index in [1.54, 1.807) is 50.2 Å². The van der Waals surface area contributed by atoms with Crippen LogP contribution in [0.5, 0.6) is 11.5 Å². The first kappa shape index (κ1) is 65.0. The summed E-state index contributed by atoms with van der Waals surface area (Å²) in [6.45, 7) is 8.95. The van der Waals surface area contributed by atoms with Gasteiger partial charge in [-0.2, -0.15) is 8.42 Å². The molecule has 0 radical (unpaired) electrons. The highest BCUT2D eigenvalue weighted by Gasteiger charge is 2.43. The Kier molecular flexibility index (Phi) is 24.7. The second kappa shape index (κ2) is 31.5. The van der Waals surface area contributed by atoms with Crippen LogP contribution in [0.2, 0.25) is 0 Å². The summed E-state index contributed by atoms with van der Waals surface area (Å²) in [5.74, 6) is -3.37. The average Bonchev–Trinajstić information content (AvgIpc) is 4.38. The largest absolute Gasteiger partial charge is 0.508 e. The van der Waals surface area contributed by atoms with Gasteiger partial charge >= 0.3 is 0 Å². The summed E-state index contributed by atoms with van der Waals surface area (Å²) in [6.07, 6.45) is 8.63. The van der Waals surface area contributed by atoms with Gasteiger partial charge in [0.25, 0.3) is 16.0 Å². The number of aromatic hydroxyl groups is 1. The molecular weight excluding hydrogens is 1080 g/mol. The van der Waals surface area contributed by atoms with Crippen LogP contribution in [0.4, 0.5) is 0 Å². The quantitative estimate of drug-likeness (QED) is 0.0471. The highest BCUT2D eigenvalue weighted by Crippen LogP contribution is 2.26. The van der Waals surface area contributed by atoms with Gasteiger partial charge in [0, 0.05) is 31.2 Å². The number of nitrogens with zero attached hydrogens (tertiary/aromatic N) is 2. The number of unbranched alkanes of at least 4 members (excludes halogenated alkanes) is 5. The van der Waals surface area contributed by atoms with Crippen molar-refractivity contribution in [3.05, 3.63) is 102 Å². The highest BCUT2D eigenvalue weighted by molar-refractivity contribution is 7.85. The van der Waals surface area contributed by atoms with Crippen LogP contribution in [0.3, 0.4) is 0 Å². The number of carbonyl (C=O) groups excluding carboxylic acids is 7. The minimum absolute atomic E-state index is 0.0666. The molecule has 11 N–H and O–H groups in total. The van der Waals surface area contributed by atoms with E-state index in [4.69, 9.17) is 20.8 Å². The number of rotatable bonds is 18. The molecule has 83 heavy (non-hydrogen) atoms. The summed E-state index contributed by atoms with van der Waals surface area (Å²) >= 11 is 0. The predicted octanol–water partition coefficient (Wildman–Crippen LogP) is 4.94. The molecular formula is C61H85N9O12S. The van der Waals surface area contributed by atoms with Crippen molar-refractivity contribution in [2.45, 2.75) is 171 Å². The average molecular weight is 1170 g/mol. The molecule has 22 heteroatoms. The van der Waals surface area contributed by atoms with Gasteiger partial charge in [-0.15, -0.1) is 0 Å². The van der Waals surface area contributed by atoms with Gasteiger partial charge in [0.05, 0.1) is 11.5 Å². The van der Waals surface area contributed by atoms with Gasteiger partial charge in [-0.3, -0.25) is 38.1 Å². The molecule has 3 heterocycles. The summed E-state index contributed by atoms with van der Waals surface area (Å²) in [4.78, 5) is 103. The summed E-state index contributed by atoms with van der Waals surface area (Å²) < 4.78 is 35.6. The molecule has 3 aliphatic rings. The number of phenolic OH excluding ortho intramolecular Hbond substituents is 1. The Labute approximate surface area is 487 Å². The van der Waals surface area contributed by atoms with E-state index in [2.05, 4.69) is 33.5 Å². The number of fused-ring (bicyclic) bond motifs is 3. The molecule has 4 aromatic rings. The molecule has 4 aromatic carbocycles. The van der Waals surface area contributed by atoms with Gasteiger partial charge in [-0.05, 0) is 155 Å². The van der Waals surface area contributed by atoms with Crippen molar-refractivity contribution >= 4 is 62.2 Å². The van der Waals surface area contributed by atoms with Gasteiger partial charge in [0.15, 0.2) is 0 Å². The Bertz CT molecular complexity index is 2960. The zero-order valence-electron chi connectivity index (χ0n) is 48.3. The highest BCUT2D eigenvalue weighted by atomic mass is 32.2. The van der Waals surface area contributed by atoms with Gasteiger partial charge in [0.1, 0.15) is 47.8 Å². The number of phenols is 1. The molecule has 7 atom stereocenters. The molecule has 3 fully saturated rings. The predicted molar refractivity (Wildman–Crippen MR) is 315 cm³/mol. The molecule has 7 amide bonds. The smallest absolute Gasteiger partial charge is 0.294 e. The van der Waals surface area contributed by atoms with E-state index in [1.807, 2.05) is 31.2 Å². The van der Waals surface area contributed by atoms with Crippen molar-refractivity contribution in [3.8, 4) is 11.5 Å². The monoisotopic (exact) mass is 1170 g/mol. The van der Waals surface area contributed by atoms with Crippen molar-refractivity contribution < 1.29 is 56.4 Å². The van der Waals surface area contributed by atoms with E-state index in [0.29, 0.717) is 50.8 Å². The van der Waals surface area contributed by atoms with Crippen LogP contribution in [0.25, 0.3) is 10.8 Å².